The number of amides is 1. The predicted octanol–water partition coefficient (Wildman–Crippen LogP) is 1.93. The number of likely N-dealkylation sites (tertiary alicyclic amines) is 1. The van der Waals surface area contributed by atoms with E-state index in [-0.39, 0.29) is 30.0 Å². The number of hydrogen-bond acceptors (Lipinski definition) is 5. The molecule has 2 N–H and O–H groups in total. The van der Waals surface area contributed by atoms with Crippen molar-refractivity contribution in [3.8, 4) is 5.75 Å². The van der Waals surface area contributed by atoms with Gasteiger partial charge in [0.1, 0.15) is 5.75 Å². The van der Waals surface area contributed by atoms with Crippen LogP contribution in [-0.4, -0.2) is 61.4 Å². The quantitative estimate of drug-likeness (QED) is 0.466. The molecule has 10 heteroatoms. The van der Waals surface area contributed by atoms with Crippen molar-refractivity contribution in [3.05, 3.63) is 32.7 Å². The molecule has 0 radical (unpaired) electrons. The Bertz CT molecular complexity index is 834. The SMILES string of the molecule is C=CS(=O)(=O)N1CC2CN(C(=O)CNc3cc(I)c(Cl)cc3O)CC2C1. The number of nitrogens with zero attached hydrogens (tertiary/aromatic N) is 2. The number of phenolic OH excluding ortho intramolecular Hbond substituents is 1. The average Bonchev–Trinajstić information content (AvgIpc) is 3.16. The third-order valence-corrected chi connectivity index (χ3v) is 7.81. The Morgan fingerprint density at radius 3 is 2.54 bits per heavy atom. The van der Waals surface area contributed by atoms with Gasteiger partial charge >= 0.3 is 0 Å². The van der Waals surface area contributed by atoms with Gasteiger partial charge in [0.25, 0.3) is 0 Å². The van der Waals surface area contributed by atoms with E-state index in [9.17, 15) is 18.3 Å². The molecule has 3 rings (SSSR count). The van der Waals surface area contributed by atoms with Crippen molar-refractivity contribution in [1.82, 2.24) is 9.21 Å². The highest BCUT2D eigenvalue weighted by atomic mass is 127. The van der Waals surface area contributed by atoms with Crippen LogP contribution in [0.2, 0.25) is 5.02 Å². The number of nitrogens with one attached hydrogen (secondary N) is 1. The Hall–Kier alpha value is -1.04. The molecular formula is C16H19ClIN3O4S. The van der Waals surface area contributed by atoms with Crippen molar-refractivity contribution >= 4 is 55.8 Å². The summed E-state index contributed by atoms with van der Waals surface area (Å²) in [5, 5.41) is 14.3. The summed E-state index contributed by atoms with van der Waals surface area (Å²) in [4.78, 5) is 14.2. The normalized spacial score (nSPS) is 23.1. The summed E-state index contributed by atoms with van der Waals surface area (Å²) in [6.45, 7) is 5.34. The molecule has 2 fully saturated rings. The molecular weight excluding hydrogens is 493 g/mol. The van der Waals surface area contributed by atoms with E-state index in [1.54, 1.807) is 11.0 Å². The topological polar surface area (TPSA) is 90.0 Å². The zero-order valence-corrected chi connectivity index (χ0v) is 17.6. The fourth-order valence-electron chi connectivity index (χ4n) is 3.43. The van der Waals surface area contributed by atoms with Crippen LogP contribution < -0.4 is 5.32 Å². The van der Waals surface area contributed by atoms with Crippen LogP contribution in [0, 0.1) is 15.4 Å². The Morgan fingerprint density at radius 1 is 1.35 bits per heavy atom. The first-order valence-corrected chi connectivity index (χ1v) is 11.0. The Kier molecular flexibility index (Phi) is 5.71. The zero-order valence-electron chi connectivity index (χ0n) is 13.9. The number of carbonyl (C=O) groups excluding carboxylic acids is 1. The molecule has 2 aliphatic heterocycles. The number of phenols is 1. The summed E-state index contributed by atoms with van der Waals surface area (Å²) in [6.07, 6.45) is 0. The van der Waals surface area contributed by atoms with Gasteiger partial charge in [0.15, 0.2) is 0 Å². The van der Waals surface area contributed by atoms with Crippen molar-refractivity contribution in [3.63, 3.8) is 0 Å². The molecule has 0 aromatic heterocycles. The summed E-state index contributed by atoms with van der Waals surface area (Å²) in [5.41, 5.74) is 0.454. The first kappa shape index (κ1) is 19.7. The molecule has 2 aliphatic rings. The highest BCUT2D eigenvalue weighted by Gasteiger charge is 2.44. The van der Waals surface area contributed by atoms with E-state index < -0.39 is 10.0 Å². The second-order valence-corrected chi connectivity index (χ2v) is 9.93. The molecule has 2 heterocycles. The van der Waals surface area contributed by atoms with Gasteiger partial charge in [0.05, 0.1) is 17.3 Å². The van der Waals surface area contributed by atoms with Gasteiger partial charge in [0, 0.05) is 41.2 Å². The largest absolute Gasteiger partial charge is 0.506 e. The lowest BCUT2D eigenvalue weighted by molar-refractivity contribution is -0.128. The van der Waals surface area contributed by atoms with Crippen LogP contribution in [-0.2, 0) is 14.8 Å². The number of benzene rings is 1. The van der Waals surface area contributed by atoms with Gasteiger partial charge in [-0.2, -0.15) is 4.31 Å². The van der Waals surface area contributed by atoms with E-state index in [2.05, 4.69) is 34.5 Å². The average molecular weight is 512 g/mol. The number of carbonyl (C=O) groups is 1. The van der Waals surface area contributed by atoms with Crippen LogP contribution in [0.3, 0.4) is 0 Å². The molecule has 1 amide bonds. The lowest BCUT2D eigenvalue weighted by Gasteiger charge is -2.21. The molecule has 142 valence electrons. The first-order chi connectivity index (χ1) is 12.2. The van der Waals surface area contributed by atoms with Crippen molar-refractivity contribution in [1.29, 1.82) is 0 Å². The summed E-state index contributed by atoms with van der Waals surface area (Å²) >= 11 is 7.99. The van der Waals surface area contributed by atoms with Crippen LogP contribution in [0.25, 0.3) is 0 Å². The maximum atomic E-state index is 12.5. The molecule has 1 aromatic carbocycles. The van der Waals surface area contributed by atoms with Gasteiger partial charge < -0.3 is 15.3 Å². The lowest BCUT2D eigenvalue weighted by atomic mass is 10.0. The minimum atomic E-state index is -3.39. The van der Waals surface area contributed by atoms with E-state index in [1.165, 1.54) is 10.4 Å². The molecule has 26 heavy (non-hydrogen) atoms. The van der Waals surface area contributed by atoms with E-state index in [0.717, 1.165) is 8.98 Å². The van der Waals surface area contributed by atoms with E-state index in [1.807, 2.05) is 0 Å². The van der Waals surface area contributed by atoms with Crippen molar-refractivity contribution in [2.24, 2.45) is 11.8 Å². The number of anilines is 1. The van der Waals surface area contributed by atoms with Crippen molar-refractivity contribution in [2.75, 3.05) is 38.0 Å². The maximum Gasteiger partial charge on any atom is 0.241 e. The minimum Gasteiger partial charge on any atom is -0.506 e. The van der Waals surface area contributed by atoms with Crippen LogP contribution in [0.15, 0.2) is 24.1 Å². The van der Waals surface area contributed by atoms with Crippen LogP contribution in [0.1, 0.15) is 0 Å². The monoisotopic (exact) mass is 511 g/mol. The molecule has 1 aromatic rings. The van der Waals surface area contributed by atoms with Gasteiger partial charge in [-0.1, -0.05) is 18.2 Å². The third kappa shape index (κ3) is 3.95. The summed E-state index contributed by atoms with van der Waals surface area (Å²) in [6, 6.07) is 3.12. The number of rotatable bonds is 5. The second-order valence-electron chi connectivity index (χ2n) is 6.48. The fourth-order valence-corrected chi connectivity index (χ4v) is 5.06. The van der Waals surface area contributed by atoms with Crippen molar-refractivity contribution < 1.29 is 18.3 Å². The Morgan fingerprint density at radius 2 is 1.96 bits per heavy atom. The highest BCUT2D eigenvalue weighted by molar-refractivity contribution is 14.1. The highest BCUT2D eigenvalue weighted by Crippen LogP contribution is 2.33. The summed E-state index contributed by atoms with van der Waals surface area (Å²) in [5.74, 6) is 0.214. The molecule has 2 unspecified atom stereocenters. The standard InChI is InChI=1S/C16H19ClIN3O4S/c1-2-26(24,25)21-8-10-6-20(7-11(10)9-21)16(23)5-19-14-4-13(18)12(17)3-15(14)22/h2-4,10-11,19,22H,1,5-9H2. The maximum absolute atomic E-state index is 12.5. The van der Waals surface area contributed by atoms with Gasteiger partial charge in [-0.05, 0) is 40.5 Å². The number of fused-ring (bicyclic) bond motifs is 1. The smallest absolute Gasteiger partial charge is 0.241 e. The van der Waals surface area contributed by atoms with Crippen molar-refractivity contribution in [2.45, 2.75) is 0 Å². The number of hydrogen-bond donors (Lipinski definition) is 2. The van der Waals surface area contributed by atoms with E-state index >= 15 is 0 Å². The number of aromatic hydroxyl groups is 1. The van der Waals surface area contributed by atoms with Gasteiger partial charge in [-0.25, -0.2) is 8.42 Å². The van der Waals surface area contributed by atoms with E-state index in [0.29, 0.717) is 36.9 Å². The molecule has 0 spiro atoms. The molecule has 7 nitrogen and oxygen atoms in total. The van der Waals surface area contributed by atoms with Crippen LogP contribution in [0.5, 0.6) is 5.75 Å². The summed E-state index contributed by atoms with van der Waals surface area (Å²) in [7, 11) is -3.39. The first-order valence-electron chi connectivity index (χ1n) is 8.03. The third-order valence-electron chi connectivity index (χ3n) is 4.84. The predicted molar refractivity (Wildman–Crippen MR) is 109 cm³/mol. The van der Waals surface area contributed by atoms with Crippen LogP contribution >= 0.6 is 34.2 Å². The van der Waals surface area contributed by atoms with Crippen LogP contribution in [0.4, 0.5) is 5.69 Å². The van der Waals surface area contributed by atoms with E-state index in [4.69, 9.17) is 11.6 Å². The minimum absolute atomic E-state index is 0.00761. The second kappa shape index (κ2) is 7.53. The molecule has 2 saturated heterocycles. The number of sulfonamides is 1. The summed E-state index contributed by atoms with van der Waals surface area (Å²) < 4.78 is 26.0. The lowest BCUT2D eigenvalue weighted by Crippen LogP contribution is -2.37. The Balaban J connectivity index is 1.56. The fraction of sp³-hybridized carbons (Fsp3) is 0.438. The van der Waals surface area contributed by atoms with Gasteiger partial charge in [-0.3, -0.25) is 4.79 Å². The Labute approximate surface area is 171 Å². The molecule has 0 aliphatic carbocycles. The van der Waals surface area contributed by atoms with Gasteiger partial charge in [-0.15, -0.1) is 0 Å². The molecule has 0 bridgehead atoms. The molecule has 0 saturated carbocycles. The zero-order chi connectivity index (χ0) is 19.1. The molecule has 2 atom stereocenters. The van der Waals surface area contributed by atoms with Gasteiger partial charge in [0.2, 0.25) is 15.9 Å². The number of halogens is 2.